The Morgan fingerprint density at radius 1 is 1.18 bits per heavy atom. The maximum absolute atomic E-state index is 8.36. The molecule has 0 aliphatic rings. The minimum atomic E-state index is 0.132. The summed E-state index contributed by atoms with van der Waals surface area (Å²) in [5, 5.41) is 8.36. The number of aliphatic hydroxyl groups is 1. The van der Waals surface area contributed by atoms with Gasteiger partial charge in [0.05, 0.1) is 13.0 Å². The molecule has 1 N–H and O–H groups in total. The standard InChI is InChI=1S/C10H12O/c1-2-3-4-5-6-7-8-9-10-11/h2,11H,1,3,6,9-10H2. The average molecular weight is 148 g/mol. The van der Waals surface area contributed by atoms with Gasteiger partial charge in [0.15, 0.2) is 0 Å². The predicted octanol–water partition coefficient (Wildman–Crippen LogP) is 1.34. The molecular weight excluding hydrogens is 136 g/mol. The second-order valence-corrected chi connectivity index (χ2v) is 1.85. The molecule has 0 radical (unpaired) electrons. The van der Waals surface area contributed by atoms with Gasteiger partial charge in [-0.1, -0.05) is 29.8 Å². The van der Waals surface area contributed by atoms with Gasteiger partial charge in [-0.25, -0.2) is 0 Å². The van der Waals surface area contributed by atoms with Gasteiger partial charge in [-0.15, -0.1) is 6.58 Å². The first-order valence-electron chi connectivity index (χ1n) is 3.55. The molecule has 0 amide bonds. The van der Waals surface area contributed by atoms with Gasteiger partial charge in [0.2, 0.25) is 0 Å². The van der Waals surface area contributed by atoms with E-state index in [0.717, 1.165) is 6.42 Å². The molecule has 0 spiro atoms. The molecule has 0 aliphatic carbocycles. The van der Waals surface area contributed by atoms with E-state index in [1.54, 1.807) is 6.08 Å². The third-order valence-electron chi connectivity index (χ3n) is 0.910. The van der Waals surface area contributed by atoms with Crippen molar-refractivity contribution in [3.05, 3.63) is 12.7 Å². The fraction of sp³-hybridized carbons (Fsp3) is 0.400. The highest BCUT2D eigenvalue weighted by atomic mass is 16.2. The molecule has 0 saturated heterocycles. The van der Waals surface area contributed by atoms with E-state index >= 15 is 0 Å². The first-order valence-corrected chi connectivity index (χ1v) is 3.55. The summed E-state index contributed by atoms with van der Waals surface area (Å²) in [4.78, 5) is 0. The summed E-state index contributed by atoms with van der Waals surface area (Å²) in [6.45, 7) is 3.67. The predicted molar refractivity (Wildman–Crippen MR) is 46.7 cm³/mol. The van der Waals surface area contributed by atoms with Crippen LogP contribution in [-0.4, -0.2) is 11.7 Å². The second-order valence-electron chi connectivity index (χ2n) is 1.85. The van der Waals surface area contributed by atoms with Gasteiger partial charge in [-0.2, -0.15) is 0 Å². The van der Waals surface area contributed by atoms with Crippen molar-refractivity contribution in [2.45, 2.75) is 19.3 Å². The minimum Gasteiger partial charge on any atom is -0.395 e. The Hall–Kier alpha value is -1.18. The van der Waals surface area contributed by atoms with Crippen LogP contribution in [0.15, 0.2) is 12.7 Å². The highest BCUT2D eigenvalue weighted by molar-refractivity contribution is 5.12. The van der Waals surface area contributed by atoms with Crippen molar-refractivity contribution in [1.82, 2.24) is 0 Å². The van der Waals surface area contributed by atoms with Crippen LogP contribution < -0.4 is 0 Å². The molecule has 0 rings (SSSR count). The number of hydrogen-bond acceptors (Lipinski definition) is 1. The Labute approximate surface area is 68.1 Å². The van der Waals surface area contributed by atoms with E-state index in [4.69, 9.17) is 5.11 Å². The van der Waals surface area contributed by atoms with Gasteiger partial charge >= 0.3 is 0 Å². The van der Waals surface area contributed by atoms with Crippen molar-refractivity contribution in [3.8, 4) is 23.7 Å². The van der Waals surface area contributed by atoms with E-state index in [9.17, 15) is 0 Å². The zero-order chi connectivity index (χ0) is 8.36. The summed E-state index contributed by atoms with van der Waals surface area (Å²) >= 11 is 0. The van der Waals surface area contributed by atoms with Crippen LogP contribution in [0, 0.1) is 23.7 Å². The summed E-state index contributed by atoms with van der Waals surface area (Å²) in [6, 6.07) is 0. The van der Waals surface area contributed by atoms with E-state index in [1.165, 1.54) is 0 Å². The van der Waals surface area contributed by atoms with Crippen molar-refractivity contribution in [2.75, 3.05) is 6.61 Å². The van der Waals surface area contributed by atoms with Crippen molar-refractivity contribution in [3.63, 3.8) is 0 Å². The molecule has 1 nitrogen and oxygen atoms in total. The maximum Gasteiger partial charge on any atom is 0.0702 e. The summed E-state index contributed by atoms with van der Waals surface area (Å²) < 4.78 is 0. The minimum absolute atomic E-state index is 0.132. The second kappa shape index (κ2) is 8.82. The molecule has 0 atom stereocenters. The summed E-state index contributed by atoms with van der Waals surface area (Å²) in [6.07, 6.45) is 3.62. The first kappa shape index (κ1) is 9.82. The number of rotatable bonds is 2. The number of allylic oxidation sites excluding steroid dienone is 1. The average Bonchev–Trinajstić information content (AvgIpc) is 2.03. The molecule has 0 aromatic heterocycles. The molecule has 0 heterocycles. The van der Waals surface area contributed by atoms with Crippen molar-refractivity contribution in [2.24, 2.45) is 0 Å². The fourth-order valence-electron chi connectivity index (χ4n) is 0.458. The zero-order valence-corrected chi connectivity index (χ0v) is 6.56. The van der Waals surface area contributed by atoms with Gasteiger partial charge in [0, 0.05) is 12.8 Å². The third kappa shape index (κ3) is 8.82. The Morgan fingerprint density at radius 3 is 2.55 bits per heavy atom. The molecular formula is C10H12O. The molecule has 0 aromatic carbocycles. The van der Waals surface area contributed by atoms with Crippen molar-refractivity contribution >= 4 is 0 Å². The number of aliphatic hydroxyl groups excluding tert-OH is 1. The van der Waals surface area contributed by atoms with Crippen molar-refractivity contribution in [1.29, 1.82) is 0 Å². The first-order chi connectivity index (χ1) is 5.41. The van der Waals surface area contributed by atoms with Crippen molar-refractivity contribution < 1.29 is 5.11 Å². The van der Waals surface area contributed by atoms with Crippen LogP contribution in [0.1, 0.15) is 19.3 Å². The summed E-state index contributed by atoms with van der Waals surface area (Å²) in [5.74, 6) is 11.4. The van der Waals surface area contributed by atoms with Gasteiger partial charge in [-0.05, 0) is 0 Å². The lowest BCUT2D eigenvalue weighted by Gasteiger charge is -1.76. The quantitative estimate of drug-likeness (QED) is 0.463. The van der Waals surface area contributed by atoms with Gasteiger partial charge in [0.25, 0.3) is 0 Å². The smallest absolute Gasteiger partial charge is 0.0702 e. The normalized spacial score (nSPS) is 7.00. The monoisotopic (exact) mass is 148 g/mol. The molecule has 0 unspecified atom stereocenters. The fourth-order valence-corrected chi connectivity index (χ4v) is 0.458. The lowest BCUT2D eigenvalue weighted by Crippen LogP contribution is -1.75. The summed E-state index contributed by atoms with van der Waals surface area (Å²) in [7, 11) is 0. The van der Waals surface area contributed by atoms with Gasteiger partial charge in [-0.3, -0.25) is 0 Å². The van der Waals surface area contributed by atoms with E-state index < -0.39 is 0 Å². The molecule has 0 aromatic rings. The molecule has 0 fully saturated rings. The lowest BCUT2D eigenvalue weighted by atomic mass is 10.3. The van der Waals surface area contributed by atoms with Crippen LogP contribution in [0.4, 0.5) is 0 Å². The SMILES string of the molecule is C=CCC#CCC#CCCO. The Balaban J connectivity index is 3.35. The lowest BCUT2D eigenvalue weighted by molar-refractivity contribution is 0.305. The Morgan fingerprint density at radius 2 is 1.91 bits per heavy atom. The van der Waals surface area contributed by atoms with Crippen LogP contribution in [0.25, 0.3) is 0 Å². The Bertz CT molecular complexity index is 206. The topological polar surface area (TPSA) is 20.2 Å². The summed E-state index contributed by atoms with van der Waals surface area (Å²) in [5.41, 5.74) is 0. The molecule has 58 valence electrons. The van der Waals surface area contributed by atoms with E-state index in [-0.39, 0.29) is 6.61 Å². The van der Waals surface area contributed by atoms with Crippen LogP contribution >= 0.6 is 0 Å². The molecule has 0 saturated carbocycles. The largest absolute Gasteiger partial charge is 0.395 e. The molecule has 11 heavy (non-hydrogen) atoms. The number of hydrogen-bond donors (Lipinski definition) is 1. The molecule has 0 aliphatic heterocycles. The van der Waals surface area contributed by atoms with Crippen LogP contribution in [0.3, 0.4) is 0 Å². The van der Waals surface area contributed by atoms with E-state index in [2.05, 4.69) is 30.3 Å². The highest BCUT2D eigenvalue weighted by Crippen LogP contribution is 1.77. The van der Waals surface area contributed by atoms with Crippen LogP contribution in [-0.2, 0) is 0 Å². The molecule has 0 bridgehead atoms. The van der Waals surface area contributed by atoms with Gasteiger partial charge < -0.3 is 5.11 Å². The van der Waals surface area contributed by atoms with E-state index in [1.807, 2.05) is 0 Å². The third-order valence-corrected chi connectivity index (χ3v) is 0.910. The maximum atomic E-state index is 8.36. The van der Waals surface area contributed by atoms with Crippen LogP contribution in [0.5, 0.6) is 0 Å². The molecule has 1 heteroatoms. The highest BCUT2D eigenvalue weighted by Gasteiger charge is 1.69. The zero-order valence-electron chi connectivity index (χ0n) is 6.56. The van der Waals surface area contributed by atoms with Gasteiger partial charge in [0.1, 0.15) is 0 Å². The van der Waals surface area contributed by atoms with E-state index in [0.29, 0.717) is 12.8 Å². The van der Waals surface area contributed by atoms with Crippen LogP contribution in [0.2, 0.25) is 0 Å². The Kier molecular flexibility index (Phi) is 7.87.